The van der Waals surface area contributed by atoms with Crippen LogP contribution in [0, 0.1) is 0 Å². The van der Waals surface area contributed by atoms with E-state index in [9.17, 15) is 14.7 Å². The first-order chi connectivity index (χ1) is 6.61. The number of carboxylic acid groups (broad SMARTS) is 1. The summed E-state index contributed by atoms with van der Waals surface area (Å²) < 4.78 is 0. The van der Waals surface area contributed by atoms with Gasteiger partial charge in [0.2, 0.25) is 5.91 Å². The fraction of sp³-hybridized carbons (Fsp3) is 0.800. The molecule has 4 nitrogen and oxygen atoms in total. The smallest absolute Gasteiger partial charge is 0.548 e. The second-order valence-corrected chi connectivity index (χ2v) is 3.30. The Labute approximate surface area is 113 Å². The Bertz CT molecular complexity index is 197. The largest absolute Gasteiger partial charge is 1.00 e. The molecule has 0 spiro atoms. The number of rotatable bonds is 7. The minimum absolute atomic E-state index is 0. The molecule has 0 saturated heterocycles. The number of aliphatic carboxylic acids is 1. The van der Waals surface area contributed by atoms with Crippen molar-refractivity contribution in [3.05, 3.63) is 0 Å². The Morgan fingerprint density at radius 3 is 2.27 bits per heavy atom. The maximum Gasteiger partial charge on any atom is 1.00 e. The molecule has 0 bridgehead atoms. The number of unbranched alkanes of at least 4 members (excludes halogenated alkanes) is 2. The molecule has 0 heterocycles. The van der Waals surface area contributed by atoms with Gasteiger partial charge < -0.3 is 15.2 Å². The van der Waals surface area contributed by atoms with E-state index in [1.165, 1.54) is 0 Å². The van der Waals surface area contributed by atoms with Crippen molar-refractivity contribution in [2.24, 2.45) is 0 Å². The number of hydrogen-bond donors (Lipinski definition) is 1. The standard InChI is InChI=1S/C10H19NO3.Na/c1-3-5-6-7-9(12)11-8(4-2)10(13)14;/h8H,3-7H2,1-2H3,(H,11,12)(H,13,14);/q;+1/p-1. The molecular formula is C10H18NNaO3. The van der Waals surface area contributed by atoms with Crippen LogP contribution in [0.15, 0.2) is 0 Å². The molecule has 0 aromatic carbocycles. The molecule has 0 aromatic rings. The van der Waals surface area contributed by atoms with E-state index < -0.39 is 12.0 Å². The Hall–Kier alpha value is -0.0600. The molecule has 0 rings (SSSR count). The van der Waals surface area contributed by atoms with Crippen LogP contribution in [0.2, 0.25) is 0 Å². The number of amides is 1. The molecule has 0 aromatic heterocycles. The van der Waals surface area contributed by atoms with Gasteiger partial charge in [-0.05, 0) is 12.8 Å². The van der Waals surface area contributed by atoms with Crippen molar-refractivity contribution in [3.63, 3.8) is 0 Å². The predicted octanol–water partition coefficient (Wildman–Crippen LogP) is -2.78. The van der Waals surface area contributed by atoms with Crippen LogP contribution < -0.4 is 40.0 Å². The molecule has 0 aliphatic carbocycles. The van der Waals surface area contributed by atoms with Gasteiger partial charge in [-0.3, -0.25) is 4.79 Å². The Morgan fingerprint density at radius 1 is 1.27 bits per heavy atom. The molecule has 5 heteroatoms. The zero-order valence-corrected chi connectivity index (χ0v) is 11.8. The maximum atomic E-state index is 11.2. The summed E-state index contributed by atoms with van der Waals surface area (Å²) in [6, 6.07) is -0.843. The molecular weight excluding hydrogens is 205 g/mol. The van der Waals surface area contributed by atoms with E-state index in [2.05, 4.69) is 5.32 Å². The van der Waals surface area contributed by atoms with E-state index in [4.69, 9.17) is 0 Å². The summed E-state index contributed by atoms with van der Waals surface area (Å²) in [4.78, 5) is 21.7. The van der Waals surface area contributed by atoms with Crippen molar-refractivity contribution in [2.45, 2.75) is 52.0 Å². The topological polar surface area (TPSA) is 69.2 Å². The van der Waals surface area contributed by atoms with Crippen molar-refractivity contribution in [2.75, 3.05) is 0 Å². The second kappa shape index (κ2) is 10.5. The van der Waals surface area contributed by atoms with Gasteiger partial charge >= 0.3 is 29.6 Å². The third kappa shape index (κ3) is 8.90. The van der Waals surface area contributed by atoms with Crippen LogP contribution >= 0.6 is 0 Å². The molecule has 82 valence electrons. The van der Waals surface area contributed by atoms with Crippen LogP contribution in [0.25, 0.3) is 0 Å². The van der Waals surface area contributed by atoms with E-state index in [-0.39, 0.29) is 35.5 Å². The Balaban J connectivity index is 0. The van der Waals surface area contributed by atoms with Crippen LogP contribution in [0.4, 0.5) is 0 Å². The first kappa shape index (κ1) is 17.3. The number of carbonyl (C=O) groups is 2. The average molecular weight is 223 g/mol. The molecule has 0 aliphatic rings. The normalized spacial score (nSPS) is 11.3. The molecule has 1 N–H and O–H groups in total. The van der Waals surface area contributed by atoms with Gasteiger partial charge in [-0.1, -0.05) is 26.7 Å². The van der Waals surface area contributed by atoms with E-state index >= 15 is 0 Å². The van der Waals surface area contributed by atoms with Crippen molar-refractivity contribution in [1.29, 1.82) is 0 Å². The SMILES string of the molecule is CCCCCC(=O)NC(CC)C(=O)[O-].[Na+]. The zero-order valence-electron chi connectivity index (χ0n) is 9.84. The fourth-order valence-corrected chi connectivity index (χ4v) is 1.13. The van der Waals surface area contributed by atoms with E-state index in [1.807, 2.05) is 6.92 Å². The summed E-state index contributed by atoms with van der Waals surface area (Å²) in [6.45, 7) is 3.75. The van der Waals surface area contributed by atoms with Crippen LogP contribution in [-0.2, 0) is 9.59 Å². The quantitative estimate of drug-likeness (QED) is 0.375. The minimum Gasteiger partial charge on any atom is -0.548 e. The van der Waals surface area contributed by atoms with E-state index in [1.54, 1.807) is 6.92 Å². The second-order valence-electron chi connectivity index (χ2n) is 3.30. The van der Waals surface area contributed by atoms with Gasteiger partial charge in [-0.15, -0.1) is 0 Å². The predicted molar refractivity (Wildman–Crippen MR) is 51.4 cm³/mol. The van der Waals surface area contributed by atoms with Crippen molar-refractivity contribution >= 4 is 11.9 Å². The van der Waals surface area contributed by atoms with E-state index in [0.717, 1.165) is 19.3 Å². The third-order valence-electron chi connectivity index (χ3n) is 2.04. The van der Waals surface area contributed by atoms with Crippen LogP contribution in [0.3, 0.4) is 0 Å². The van der Waals surface area contributed by atoms with Gasteiger partial charge in [-0.25, -0.2) is 0 Å². The van der Waals surface area contributed by atoms with Gasteiger partial charge in [0, 0.05) is 6.42 Å². The summed E-state index contributed by atoms with van der Waals surface area (Å²) in [6.07, 6.45) is 3.62. The van der Waals surface area contributed by atoms with Gasteiger partial charge in [0.15, 0.2) is 0 Å². The van der Waals surface area contributed by atoms with Crippen molar-refractivity contribution < 1.29 is 44.3 Å². The molecule has 0 fully saturated rings. The molecule has 0 radical (unpaired) electrons. The fourth-order valence-electron chi connectivity index (χ4n) is 1.13. The Kier molecular flexibility index (Phi) is 12.1. The Morgan fingerprint density at radius 2 is 1.87 bits per heavy atom. The van der Waals surface area contributed by atoms with E-state index in [0.29, 0.717) is 12.8 Å². The molecule has 1 amide bonds. The van der Waals surface area contributed by atoms with Gasteiger partial charge in [0.25, 0.3) is 0 Å². The number of hydrogen-bond acceptors (Lipinski definition) is 3. The first-order valence-electron chi connectivity index (χ1n) is 5.12. The first-order valence-corrected chi connectivity index (χ1v) is 5.12. The van der Waals surface area contributed by atoms with Gasteiger partial charge in [-0.2, -0.15) is 0 Å². The monoisotopic (exact) mass is 223 g/mol. The molecule has 0 aliphatic heterocycles. The summed E-state index contributed by atoms with van der Waals surface area (Å²) in [7, 11) is 0. The molecule has 1 atom stereocenters. The maximum absolute atomic E-state index is 11.2. The third-order valence-corrected chi connectivity index (χ3v) is 2.04. The number of carboxylic acids is 1. The molecule has 0 saturated carbocycles. The summed E-state index contributed by atoms with van der Waals surface area (Å²) in [5, 5.41) is 12.9. The van der Waals surface area contributed by atoms with Crippen molar-refractivity contribution in [3.8, 4) is 0 Å². The van der Waals surface area contributed by atoms with Crippen LogP contribution in [-0.4, -0.2) is 17.9 Å². The number of nitrogens with one attached hydrogen (secondary N) is 1. The van der Waals surface area contributed by atoms with Gasteiger partial charge in [0.1, 0.15) is 0 Å². The van der Waals surface area contributed by atoms with Gasteiger partial charge in [0.05, 0.1) is 12.0 Å². The molecule has 15 heavy (non-hydrogen) atoms. The average Bonchev–Trinajstić information content (AvgIpc) is 2.14. The minimum atomic E-state index is -1.21. The summed E-state index contributed by atoms with van der Waals surface area (Å²) >= 11 is 0. The van der Waals surface area contributed by atoms with Crippen molar-refractivity contribution in [1.82, 2.24) is 5.32 Å². The van der Waals surface area contributed by atoms with Crippen LogP contribution in [0.5, 0.6) is 0 Å². The number of carbonyl (C=O) groups excluding carboxylic acids is 2. The summed E-state index contributed by atoms with van der Waals surface area (Å²) in [5.74, 6) is -1.41. The summed E-state index contributed by atoms with van der Waals surface area (Å²) in [5.41, 5.74) is 0. The molecule has 1 unspecified atom stereocenters. The van der Waals surface area contributed by atoms with Crippen LogP contribution in [0.1, 0.15) is 46.0 Å². The zero-order chi connectivity index (χ0) is 11.0.